The van der Waals surface area contributed by atoms with E-state index in [1.54, 1.807) is 11.3 Å². The molecule has 0 unspecified atom stereocenters. The molecule has 6 heteroatoms. The lowest BCUT2D eigenvalue weighted by molar-refractivity contribution is -0.133. The number of hydrogen-bond acceptors (Lipinski definition) is 5. The monoisotopic (exact) mass is 338 g/mol. The second-order valence-corrected chi connectivity index (χ2v) is 7.36. The van der Waals surface area contributed by atoms with Gasteiger partial charge in [-0.3, -0.25) is 4.79 Å². The van der Waals surface area contributed by atoms with Crippen LogP contribution >= 0.6 is 11.3 Å². The highest BCUT2D eigenvalue weighted by Gasteiger charge is 2.26. The molecule has 2 saturated heterocycles. The van der Waals surface area contributed by atoms with Crippen LogP contribution in [0.3, 0.4) is 0 Å². The summed E-state index contributed by atoms with van der Waals surface area (Å²) < 4.78 is 11.1. The minimum Gasteiger partial charge on any atom is -0.378 e. The van der Waals surface area contributed by atoms with Crippen LogP contribution in [0, 0.1) is 6.92 Å². The molecule has 0 aliphatic carbocycles. The Morgan fingerprint density at radius 2 is 2.39 bits per heavy atom. The Morgan fingerprint density at radius 1 is 1.48 bits per heavy atom. The van der Waals surface area contributed by atoms with Gasteiger partial charge in [-0.2, -0.15) is 0 Å². The van der Waals surface area contributed by atoms with Gasteiger partial charge < -0.3 is 14.4 Å². The smallest absolute Gasteiger partial charge is 0.224 e. The van der Waals surface area contributed by atoms with E-state index in [0.29, 0.717) is 25.6 Å². The van der Waals surface area contributed by atoms with Crippen molar-refractivity contribution in [1.29, 1.82) is 0 Å². The molecule has 0 saturated carbocycles. The molecule has 2 aliphatic rings. The van der Waals surface area contributed by atoms with Gasteiger partial charge in [-0.1, -0.05) is 0 Å². The summed E-state index contributed by atoms with van der Waals surface area (Å²) in [6.07, 6.45) is 5.10. The Morgan fingerprint density at radius 3 is 3.13 bits per heavy atom. The minimum atomic E-state index is 0.204. The van der Waals surface area contributed by atoms with Crippen LogP contribution in [0.5, 0.6) is 0 Å². The maximum atomic E-state index is 12.4. The Labute approximate surface area is 142 Å². The fraction of sp³-hybridized carbons (Fsp3) is 0.765. The number of piperidine rings is 1. The van der Waals surface area contributed by atoms with Gasteiger partial charge in [0.2, 0.25) is 5.91 Å². The fourth-order valence-corrected chi connectivity index (χ4v) is 4.20. The molecule has 128 valence electrons. The summed E-state index contributed by atoms with van der Waals surface area (Å²) in [7, 11) is 0. The third kappa shape index (κ3) is 4.75. The highest BCUT2D eigenvalue weighted by Crippen LogP contribution is 2.29. The van der Waals surface area contributed by atoms with Crippen molar-refractivity contribution in [2.24, 2.45) is 0 Å². The van der Waals surface area contributed by atoms with Gasteiger partial charge in [0, 0.05) is 36.7 Å². The number of likely N-dealkylation sites (tertiary alicyclic amines) is 1. The number of nitrogens with zero attached hydrogens (tertiary/aromatic N) is 2. The van der Waals surface area contributed by atoms with E-state index in [0.717, 1.165) is 51.1 Å². The first-order chi connectivity index (χ1) is 11.2. The lowest BCUT2D eigenvalue weighted by Crippen LogP contribution is -2.39. The Hall–Kier alpha value is -0.980. The van der Waals surface area contributed by atoms with Crippen molar-refractivity contribution in [2.45, 2.75) is 51.0 Å². The van der Waals surface area contributed by atoms with Gasteiger partial charge in [-0.15, -0.1) is 11.3 Å². The number of amides is 1. The number of aromatic nitrogens is 1. The molecule has 0 aromatic carbocycles. The molecular formula is C17H26N2O3S. The SMILES string of the molecule is Cc1csc([C@H]2CCCN(C(=O)CCOC[C@H]3CCCO3)C2)n1. The Balaban J connectivity index is 1.40. The second kappa shape index (κ2) is 8.22. The summed E-state index contributed by atoms with van der Waals surface area (Å²) in [4.78, 5) is 19.0. The first kappa shape index (κ1) is 16.9. The highest BCUT2D eigenvalue weighted by molar-refractivity contribution is 7.09. The molecule has 2 atom stereocenters. The van der Waals surface area contributed by atoms with Gasteiger partial charge >= 0.3 is 0 Å². The predicted molar refractivity (Wildman–Crippen MR) is 89.8 cm³/mol. The van der Waals surface area contributed by atoms with E-state index in [1.165, 1.54) is 5.01 Å². The average molecular weight is 338 g/mol. The van der Waals surface area contributed by atoms with Crippen molar-refractivity contribution >= 4 is 17.2 Å². The van der Waals surface area contributed by atoms with Gasteiger partial charge in [0.05, 0.1) is 30.7 Å². The van der Waals surface area contributed by atoms with Crippen LogP contribution in [-0.2, 0) is 14.3 Å². The molecule has 23 heavy (non-hydrogen) atoms. The quantitative estimate of drug-likeness (QED) is 0.749. The average Bonchev–Trinajstić information content (AvgIpc) is 3.23. The van der Waals surface area contributed by atoms with E-state index in [2.05, 4.69) is 10.4 Å². The molecule has 0 radical (unpaired) electrons. The van der Waals surface area contributed by atoms with Crippen molar-refractivity contribution in [2.75, 3.05) is 32.9 Å². The van der Waals surface area contributed by atoms with Crippen molar-refractivity contribution in [3.05, 3.63) is 16.1 Å². The number of carbonyl (C=O) groups excluding carboxylic acids is 1. The summed E-state index contributed by atoms with van der Waals surface area (Å²) in [5, 5.41) is 3.27. The largest absolute Gasteiger partial charge is 0.378 e. The third-order valence-electron chi connectivity index (χ3n) is 4.55. The number of aryl methyl sites for hydroxylation is 1. The van der Waals surface area contributed by atoms with Crippen molar-refractivity contribution in [1.82, 2.24) is 9.88 Å². The molecule has 0 N–H and O–H groups in total. The third-order valence-corrected chi connectivity index (χ3v) is 5.67. The molecule has 3 heterocycles. The van der Waals surface area contributed by atoms with E-state index in [1.807, 2.05) is 11.8 Å². The zero-order valence-corrected chi connectivity index (χ0v) is 14.6. The number of ether oxygens (including phenoxy) is 2. The van der Waals surface area contributed by atoms with E-state index in [-0.39, 0.29) is 12.0 Å². The fourth-order valence-electron chi connectivity index (χ4n) is 3.27. The van der Waals surface area contributed by atoms with Crippen LogP contribution in [0.15, 0.2) is 5.38 Å². The Bertz CT molecular complexity index is 514. The van der Waals surface area contributed by atoms with Crippen LogP contribution in [0.1, 0.15) is 48.7 Å². The molecule has 0 spiro atoms. The molecule has 1 amide bonds. The van der Waals surface area contributed by atoms with Gasteiger partial charge in [0.25, 0.3) is 0 Å². The van der Waals surface area contributed by atoms with Crippen LogP contribution in [0.2, 0.25) is 0 Å². The number of carbonyl (C=O) groups is 1. The first-order valence-electron chi connectivity index (χ1n) is 8.61. The normalized spacial score (nSPS) is 25.0. The molecule has 2 aliphatic heterocycles. The first-order valence-corrected chi connectivity index (χ1v) is 9.49. The van der Waals surface area contributed by atoms with E-state index in [9.17, 15) is 4.79 Å². The summed E-state index contributed by atoms with van der Waals surface area (Å²) in [6.45, 7) is 5.66. The van der Waals surface area contributed by atoms with Crippen LogP contribution in [-0.4, -0.2) is 54.8 Å². The lowest BCUT2D eigenvalue weighted by Gasteiger charge is -2.32. The lowest BCUT2D eigenvalue weighted by atomic mass is 9.98. The van der Waals surface area contributed by atoms with E-state index < -0.39 is 0 Å². The summed E-state index contributed by atoms with van der Waals surface area (Å²) in [5.74, 6) is 0.606. The minimum absolute atomic E-state index is 0.204. The second-order valence-electron chi connectivity index (χ2n) is 6.47. The topological polar surface area (TPSA) is 51.7 Å². The molecule has 1 aromatic heterocycles. The van der Waals surface area contributed by atoms with Crippen molar-refractivity contribution < 1.29 is 14.3 Å². The molecule has 5 nitrogen and oxygen atoms in total. The standard InChI is InChI=1S/C17H26N2O3S/c1-13-12-23-17(18-13)14-4-2-7-19(10-14)16(20)6-9-21-11-15-5-3-8-22-15/h12,14-15H,2-11H2,1H3/t14-,15+/m0/s1. The molecule has 3 rings (SSSR count). The molecular weight excluding hydrogens is 312 g/mol. The summed E-state index contributed by atoms with van der Waals surface area (Å²) >= 11 is 1.72. The number of thiazole rings is 1. The van der Waals surface area contributed by atoms with Gasteiger partial charge in [0.1, 0.15) is 0 Å². The van der Waals surface area contributed by atoms with Crippen LogP contribution in [0.25, 0.3) is 0 Å². The Kier molecular flexibility index (Phi) is 6.02. The highest BCUT2D eigenvalue weighted by atomic mass is 32.1. The van der Waals surface area contributed by atoms with Gasteiger partial charge in [0.15, 0.2) is 0 Å². The maximum absolute atomic E-state index is 12.4. The van der Waals surface area contributed by atoms with Crippen molar-refractivity contribution in [3.8, 4) is 0 Å². The summed E-state index contributed by atoms with van der Waals surface area (Å²) in [5.41, 5.74) is 1.08. The molecule has 2 fully saturated rings. The molecule has 1 aromatic rings. The zero-order valence-electron chi connectivity index (χ0n) is 13.8. The van der Waals surface area contributed by atoms with E-state index >= 15 is 0 Å². The predicted octanol–water partition coefficient (Wildman–Crippen LogP) is 2.74. The van der Waals surface area contributed by atoms with Gasteiger partial charge in [-0.25, -0.2) is 4.98 Å². The number of rotatable bonds is 6. The zero-order chi connectivity index (χ0) is 16.1. The molecule has 0 bridgehead atoms. The van der Waals surface area contributed by atoms with Crippen molar-refractivity contribution in [3.63, 3.8) is 0 Å². The van der Waals surface area contributed by atoms with E-state index in [4.69, 9.17) is 9.47 Å². The maximum Gasteiger partial charge on any atom is 0.224 e. The van der Waals surface area contributed by atoms with Crippen LogP contribution < -0.4 is 0 Å². The van der Waals surface area contributed by atoms with Crippen LogP contribution in [0.4, 0.5) is 0 Å². The number of hydrogen-bond donors (Lipinski definition) is 0. The summed E-state index contributed by atoms with van der Waals surface area (Å²) in [6, 6.07) is 0. The van der Waals surface area contributed by atoms with Gasteiger partial charge in [-0.05, 0) is 32.6 Å².